The fourth-order valence-corrected chi connectivity index (χ4v) is 4.35. The van der Waals surface area contributed by atoms with E-state index >= 15 is 0 Å². The number of halogens is 3. The third-order valence-corrected chi connectivity index (χ3v) is 6.75. The summed E-state index contributed by atoms with van der Waals surface area (Å²) < 4.78 is 42.6. The van der Waals surface area contributed by atoms with E-state index in [1.54, 1.807) is 0 Å². The highest BCUT2D eigenvalue weighted by Gasteiger charge is 2.12. The molecule has 0 amide bonds. The van der Waals surface area contributed by atoms with Crippen LogP contribution in [0.2, 0.25) is 0 Å². The Morgan fingerprint density at radius 2 is 1.17 bits per heavy atom. The van der Waals surface area contributed by atoms with Gasteiger partial charge in [-0.15, -0.1) is 0 Å². The zero-order valence-corrected chi connectivity index (χ0v) is 28.4. The fourth-order valence-electron chi connectivity index (χ4n) is 4.35. The smallest absolute Gasteiger partial charge is 0.337 e. The second kappa shape index (κ2) is 21.7. The zero-order valence-electron chi connectivity index (χ0n) is 26.2. The first kappa shape index (κ1) is 43.0. The Morgan fingerprint density at radius 1 is 0.766 bits per heavy atom. The molecule has 0 aliphatic rings. The molecule has 4 aromatic rings. The van der Waals surface area contributed by atoms with Crippen LogP contribution in [0.5, 0.6) is 11.5 Å². The number of carboxylic acids is 1. The molecule has 47 heavy (non-hydrogen) atoms. The van der Waals surface area contributed by atoms with E-state index in [9.17, 15) is 18.4 Å². The van der Waals surface area contributed by atoms with Gasteiger partial charge in [0.1, 0.15) is 0 Å². The number of aromatic nitrogens is 4. The maximum Gasteiger partial charge on any atom is 0.337 e. The Labute approximate surface area is 289 Å². The minimum Gasteiger partial charge on any atom is -0.490 e. The lowest BCUT2D eigenvalue weighted by Gasteiger charge is -2.09. The van der Waals surface area contributed by atoms with Crippen molar-refractivity contribution in [2.75, 3.05) is 25.3 Å². The molecule has 0 spiro atoms. The van der Waals surface area contributed by atoms with Crippen LogP contribution in [0, 0.1) is 39.3 Å². The highest BCUT2D eigenvalue weighted by molar-refractivity contribution is 14.1. The number of hydrogen-bond donors (Lipinski definition) is 3. The summed E-state index contributed by atoms with van der Waals surface area (Å²) in [5, 5.41) is 22.9. The maximum absolute atomic E-state index is 13.7. The van der Waals surface area contributed by atoms with Gasteiger partial charge in [-0.05, 0) is 106 Å². The van der Waals surface area contributed by atoms with Crippen LogP contribution in [0.25, 0.3) is 0 Å². The minimum absolute atomic E-state index is 0. The van der Waals surface area contributed by atoms with Crippen molar-refractivity contribution >= 4 is 34.5 Å². The molecular weight excluding hydrogens is 725 g/mol. The second-order valence-electron chi connectivity index (χ2n) is 9.82. The topological polar surface area (TPSA) is 139 Å². The Bertz CT molecular complexity index is 1520. The van der Waals surface area contributed by atoms with Crippen LogP contribution in [-0.4, -0.2) is 62.7 Å². The normalized spacial score (nSPS) is 9.81. The van der Waals surface area contributed by atoms with Crippen molar-refractivity contribution in [2.24, 2.45) is 0 Å². The SMILES string of the molecule is C.C.CI.COC(=O)c1ccc(F)c(OCCCc2c(C)n[nH]c2C)c1.Cc1n[nH]c(C)c1CCCOc1cc(C(=O)O)ccc1F. The number of carbonyl (C=O) groups is 2. The van der Waals surface area contributed by atoms with Gasteiger partial charge in [0.25, 0.3) is 0 Å². The van der Waals surface area contributed by atoms with E-state index in [4.69, 9.17) is 14.6 Å². The molecule has 10 nitrogen and oxygen atoms in total. The first-order valence-corrected chi connectivity index (χ1v) is 16.2. The largest absolute Gasteiger partial charge is 0.490 e. The second-order valence-corrected chi connectivity index (χ2v) is 9.82. The maximum atomic E-state index is 13.7. The van der Waals surface area contributed by atoms with Crippen molar-refractivity contribution < 1.29 is 37.7 Å². The van der Waals surface area contributed by atoms with Gasteiger partial charge in [-0.2, -0.15) is 10.2 Å². The Hall–Kier alpha value is -4.01. The summed E-state index contributed by atoms with van der Waals surface area (Å²) in [7, 11) is 1.28. The summed E-state index contributed by atoms with van der Waals surface area (Å²) in [6.45, 7) is 8.45. The molecule has 0 atom stereocenters. The van der Waals surface area contributed by atoms with Gasteiger partial charge in [-0.1, -0.05) is 37.4 Å². The molecule has 2 heterocycles. The lowest BCUT2D eigenvalue weighted by Crippen LogP contribution is -2.05. The summed E-state index contributed by atoms with van der Waals surface area (Å²) >= 11 is 2.15. The van der Waals surface area contributed by atoms with Crippen LogP contribution in [0.15, 0.2) is 36.4 Å². The van der Waals surface area contributed by atoms with Gasteiger partial charge in [0.05, 0.1) is 42.8 Å². The monoisotopic (exact) mass is 772 g/mol. The number of alkyl halides is 1. The highest BCUT2D eigenvalue weighted by Crippen LogP contribution is 2.21. The van der Waals surface area contributed by atoms with Crippen molar-refractivity contribution in [1.29, 1.82) is 0 Å². The van der Waals surface area contributed by atoms with Crippen LogP contribution in [-0.2, 0) is 17.6 Å². The van der Waals surface area contributed by atoms with Gasteiger partial charge >= 0.3 is 11.9 Å². The quantitative estimate of drug-likeness (QED) is 0.0568. The third kappa shape index (κ3) is 13.0. The van der Waals surface area contributed by atoms with Crippen molar-refractivity contribution in [2.45, 2.75) is 68.2 Å². The molecule has 3 N–H and O–H groups in total. The van der Waals surface area contributed by atoms with Crippen LogP contribution in [0.3, 0.4) is 0 Å². The van der Waals surface area contributed by atoms with Gasteiger partial charge in [-0.3, -0.25) is 10.2 Å². The average Bonchev–Trinajstić information content (AvgIpc) is 3.53. The number of esters is 1. The number of rotatable bonds is 12. The standard InChI is InChI=1S/C16H19FN2O3.C15H17FN2O3.CH3I.2CH4/c1-10-13(11(2)19-18-10)5-4-8-22-15-9-12(16(20)21-3)6-7-14(15)17;1-9-12(10(2)18-17-9)4-3-7-21-14-8-11(15(19)20)5-6-13(14)16;1-2;;/h6-7,9H,4-5,8H2,1-3H3,(H,18,19);5-6,8H,3-4,7H2,1-2H3,(H,17,18)(H,19,20);1H3;2*1H4. The molecule has 0 aliphatic heterocycles. The summed E-state index contributed by atoms with van der Waals surface area (Å²) in [5.41, 5.74) is 6.55. The Kier molecular flexibility index (Phi) is 19.9. The number of carbonyl (C=O) groups excluding carboxylic acids is 1. The van der Waals surface area contributed by atoms with Gasteiger partial charge in [0.2, 0.25) is 0 Å². The molecule has 0 saturated heterocycles. The van der Waals surface area contributed by atoms with E-state index in [1.165, 1.54) is 37.4 Å². The van der Waals surface area contributed by atoms with Gasteiger partial charge in [0.15, 0.2) is 23.1 Å². The number of aryl methyl sites for hydroxylation is 4. The molecule has 0 unspecified atom stereocenters. The molecule has 2 aromatic heterocycles. The van der Waals surface area contributed by atoms with Gasteiger partial charge in [0, 0.05) is 11.4 Å². The number of methoxy groups -OCH3 is 1. The van der Waals surface area contributed by atoms with E-state index in [0.717, 1.165) is 59.2 Å². The van der Waals surface area contributed by atoms with Crippen molar-refractivity contribution in [3.63, 3.8) is 0 Å². The number of nitrogens with one attached hydrogen (secondary N) is 2. The Balaban J connectivity index is 0.000000823. The predicted octanol–water partition coefficient (Wildman–Crippen LogP) is 8.16. The number of ether oxygens (including phenoxy) is 3. The molecule has 2 aromatic carbocycles. The summed E-state index contributed by atoms with van der Waals surface area (Å²) in [6, 6.07) is 7.44. The lowest BCUT2D eigenvalue weighted by molar-refractivity contribution is 0.0599. The number of aromatic amines is 2. The number of hydrogen-bond acceptors (Lipinski definition) is 7. The van der Waals surface area contributed by atoms with Crippen molar-refractivity contribution in [3.8, 4) is 11.5 Å². The molecule has 260 valence electrons. The molecule has 4 rings (SSSR count). The van der Waals surface area contributed by atoms with E-state index in [2.05, 4.69) is 47.7 Å². The number of carboxylic acid groups (broad SMARTS) is 1. The van der Waals surface area contributed by atoms with Crippen LogP contribution < -0.4 is 9.47 Å². The highest BCUT2D eigenvalue weighted by atomic mass is 127. The number of nitrogens with zero attached hydrogens (tertiary/aromatic N) is 2. The van der Waals surface area contributed by atoms with Crippen molar-refractivity contribution in [1.82, 2.24) is 20.4 Å². The zero-order chi connectivity index (χ0) is 33.5. The molecule has 13 heteroatoms. The number of H-pyrrole nitrogens is 2. The van der Waals surface area contributed by atoms with Gasteiger partial charge < -0.3 is 19.3 Å². The van der Waals surface area contributed by atoms with Crippen molar-refractivity contribution in [3.05, 3.63) is 93.1 Å². The molecule has 0 fully saturated rings. The summed E-state index contributed by atoms with van der Waals surface area (Å²) in [5.74, 6) is -2.66. The van der Waals surface area contributed by atoms with E-state index in [1.807, 2.05) is 32.6 Å². The van der Waals surface area contributed by atoms with Crippen LogP contribution in [0.1, 0.15) is 82.3 Å². The summed E-state index contributed by atoms with van der Waals surface area (Å²) in [4.78, 5) is 24.2. The molecule has 0 radical (unpaired) electrons. The van der Waals surface area contributed by atoms with E-state index < -0.39 is 23.6 Å². The molecule has 0 aliphatic carbocycles. The molecular formula is C34H47F2IN4O6. The Morgan fingerprint density at radius 3 is 1.53 bits per heavy atom. The minimum atomic E-state index is -1.11. The van der Waals surface area contributed by atoms with E-state index in [-0.39, 0.29) is 37.5 Å². The van der Waals surface area contributed by atoms with Gasteiger partial charge in [-0.25, -0.2) is 18.4 Å². The summed E-state index contributed by atoms with van der Waals surface area (Å²) in [6.07, 6.45) is 2.99. The van der Waals surface area contributed by atoms with Crippen LogP contribution >= 0.6 is 22.6 Å². The lowest BCUT2D eigenvalue weighted by atomic mass is 10.1. The molecule has 0 bridgehead atoms. The molecule has 0 saturated carbocycles. The van der Waals surface area contributed by atoms with Crippen LogP contribution in [0.4, 0.5) is 8.78 Å². The number of aromatic carboxylic acids is 1. The number of benzene rings is 2. The van der Waals surface area contributed by atoms with E-state index in [0.29, 0.717) is 19.6 Å². The first-order chi connectivity index (χ1) is 21.5. The predicted molar refractivity (Wildman–Crippen MR) is 188 cm³/mol. The first-order valence-electron chi connectivity index (χ1n) is 14.1. The average molecular weight is 773 g/mol. The fraction of sp³-hybridized carbons (Fsp3) is 0.412. The third-order valence-electron chi connectivity index (χ3n) is 6.75.